The molecule has 0 aromatic rings. The minimum atomic E-state index is -0.308. The predicted octanol–water partition coefficient (Wildman–Crippen LogP) is 4.12. The van der Waals surface area contributed by atoms with Crippen molar-refractivity contribution < 1.29 is 19.1 Å². The van der Waals surface area contributed by atoms with Crippen LogP contribution in [0.1, 0.15) is 71.6 Å². The monoisotopic (exact) mass is 324 g/mol. The lowest BCUT2D eigenvalue weighted by Gasteiger charge is -2.35. The van der Waals surface area contributed by atoms with Crippen LogP contribution in [0.3, 0.4) is 0 Å². The maximum atomic E-state index is 12.7. The highest BCUT2D eigenvalue weighted by Gasteiger charge is 2.45. The van der Waals surface area contributed by atoms with E-state index in [4.69, 9.17) is 9.47 Å². The van der Waals surface area contributed by atoms with Gasteiger partial charge in [-0.2, -0.15) is 0 Å². The average Bonchev–Trinajstić information content (AvgIpc) is 3.07. The van der Waals surface area contributed by atoms with Crippen molar-refractivity contribution in [2.75, 3.05) is 13.2 Å². The second-order valence-corrected chi connectivity index (χ2v) is 7.00. The van der Waals surface area contributed by atoms with Crippen molar-refractivity contribution in [2.45, 2.75) is 71.6 Å². The van der Waals surface area contributed by atoms with Gasteiger partial charge in [0.25, 0.3) is 0 Å². The van der Waals surface area contributed by atoms with Crippen molar-refractivity contribution in [3.63, 3.8) is 0 Å². The van der Waals surface area contributed by atoms with E-state index in [1.807, 2.05) is 13.8 Å². The Morgan fingerprint density at radius 3 is 1.43 bits per heavy atom. The molecule has 2 rings (SSSR count). The molecule has 0 aromatic carbocycles. The van der Waals surface area contributed by atoms with Gasteiger partial charge in [0.15, 0.2) is 0 Å². The summed E-state index contributed by atoms with van der Waals surface area (Å²) in [6.07, 6.45) is 9.99. The van der Waals surface area contributed by atoms with E-state index in [1.165, 1.54) is 6.42 Å². The summed E-state index contributed by atoms with van der Waals surface area (Å²) < 4.78 is 10.7. The summed E-state index contributed by atoms with van der Waals surface area (Å²) in [4.78, 5) is 25.4. The second-order valence-electron chi connectivity index (χ2n) is 7.00. The van der Waals surface area contributed by atoms with E-state index in [2.05, 4.69) is 0 Å². The Bertz CT molecular complexity index is 381. The molecule has 2 saturated carbocycles. The first-order valence-electron chi connectivity index (χ1n) is 9.52. The first-order valence-corrected chi connectivity index (χ1v) is 9.52. The highest BCUT2D eigenvalue weighted by Crippen LogP contribution is 2.43. The molecule has 0 bridgehead atoms. The quantitative estimate of drug-likeness (QED) is 0.661. The maximum Gasteiger partial charge on any atom is 0.310 e. The molecule has 0 radical (unpaired) electrons. The summed E-state index contributed by atoms with van der Waals surface area (Å²) in [6.45, 7) is 4.43. The number of hydrogen-bond donors (Lipinski definition) is 0. The van der Waals surface area contributed by atoms with Crippen LogP contribution in [-0.2, 0) is 19.1 Å². The predicted molar refractivity (Wildman–Crippen MR) is 88.8 cm³/mol. The van der Waals surface area contributed by atoms with Gasteiger partial charge in [0.1, 0.15) is 0 Å². The molecular weight excluding hydrogens is 292 g/mol. The molecule has 0 spiro atoms. The van der Waals surface area contributed by atoms with Gasteiger partial charge in [-0.15, -0.1) is 0 Å². The van der Waals surface area contributed by atoms with E-state index in [1.54, 1.807) is 0 Å². The highest BCUT2D eigenvalue weighted by atomic mass is 16.5. The van der Waals surface area contributed by atoms with E-state index in [9.17, 15) is 9.59 Å². The Morgan fingerprint density at radius 1 is 0.739 bits per heavy atom. The third kappa shape index (κ3) is 4.71. The van der Waals surface area contributed by atoms with Crippen LogP contribution in [0.25, 0.3) is 0 Å². The maximum absolute atomic E-state index is 12.7. The summed E-state index contributed by atoms with van der Waals surface area (Å²) in [5.41, 5.74) is 0. The second kappa shape index (κ2) is 9.29. The number of rotatable bonds is 7. The van der Waals surface area contributed by atoms with Crippen molar-refractivity contribution in [1.82, 2.24) is 0 Å². The zero-order chi connectivity index (χ0) is 16.7. The molecule has 0 aliphatic heterocycles. The number of hydrogen-bond acceptors (Lipinski definition) is 4. The van der Waals surface area contributed by atoms with Crippen LogP contribution in [0, 0.1) is 23.7 Å². The van der Waals surface area contributed by atoms with Crippen LogP contribution < -0.4 is 0 Å². The van der Waals surface area contributed by atoms with Crippen LogP contribution in [-0.4, -0.2) is 25.2 Å². The fourth-order valence-corrected chi connectivity index (χ4v) is 4.55. The molecule has 2 atom stereocenters. The van der Waals surface area contributed by atoms with Crippen LogP contribution in [0.4, 0.5) is 0 Å². The Kier molecular flexibility index (Phi) is 7.38. The van der Waals surface area contributed by atoms with Crippen molar-refractivity contribution in [3.05, 3.63) is 0 Å². The van der Waals surface area contributed by atoms with Crippen LogP contribution in [0.5, 0.6) is 0 Å². The molecule has 4 heteroatoms. The Balaban J connectivity index is 2.24. The first-order chi connectivity index (χ1) is 11.2. The van der Waals surface area contributed by atoms with E-state index in [0.717, 1.165) is 51.4 Å². The lowest BCUT2D eigenvalue weighted by Crippen LogP contribution is -2.41. The molecule has 23 heavy (non-hydrogen) atoms. The van der Waals surface area contributed by atoms with E-state index in [-0.39, 0.29) is 35.6 Å². The molecule has 0 aromatic heterocycles. The summed E-state index contributed by atoms with van der Waals surface area (Å²) in [5.74, 6) is -0.410. The van der Waals surface area contributed by atoms with Gasteiger partial charge in [-0.05, 0) is 51.4 Å². The third-order valence-corrected chi connectivity index (χ3v) is 5.57. The molecule has 2 aliphatic carbocycles. The van der Waals surface area contributed by atoms with Gasteiger partial charge in [-0.3, -0.25) is 9.59 Å². The van der Waals surface area contributed by atoms with E-state index in [0.29, 0.717) is 13.2 Å². The molecule has 2 fully saturated rings. The molecule has 132 valence electrons. The van der Waals surface area contributed by atoms with Gasteiger partial charge in [-0.25, -0.2) is 0 Å². The highest BCUT2D eigenvalue weighted by molar-refractivity contribution is 5.82. The molecule has 0 heterocycles. The third-order valence-electron chi connectivity index (χ3n) is 5.57. The van der Waals surface area contributed by atoms with Gasteiger partial charge in [0.05, 0.1) is 25.0 Å². The zero-order valence-corrected chi connectivity index (χ0v) is 14.7. The van der Waals surface area contributed by atoms with Crippen molar-refractivity contribution in [2.24, 2.45) is 23.7 Å². The molecule has 0 amide bonds. The average molecular weight is 324 g/mol. The minimum Gasteiger partial charge on any atom is -0.466 e. The summed E-state index contributed by atoms with van der Waals surface area (Å²) >= 11 is 0. The van der Waals surface area contributed by atoms with Gasteiger partial charge >= 0.3 is 11.9 Å². The molecule has 0 saturated heterocycles. The lowest BCUT2D eigenvalue weighted by molar-refractivity contribution is -0.166. The van der Waals surface area contributed by atoms with Gasteiger partial charge < -0.3 is 9.47 Å². The number of carbonyl (C=O) groups is 2. The standard InChI is InChI=1S/C19H32O4/c1-3-22-18(20)16(14-10-6-5-7-11-14)17(19(21)23-4-2)15-12-8-9-13-15/h14-17H,3-13H2,1-2H3. The fourth-order valence-electron chi connectivity index (χ4n) is 4.55. The molecule has 2 aliphatic rings. The van der Waals surface area contributed by atoms with Crippen LogP contribution >= 0.6 is 0 Å². The first kappa shape index (κ1) is 18.3. The smallest absolute Gasteiger partial charge is 0.310 e. The van der Waals surface area contributed by atoms with Crippen molar-refractivity contribution >= 4 is 11.9 Å². The lowest BCUT2D eigenvalue weighted by atomic mass is 9.69. The number of carbonyl (C=O) groups excluding carboxylic acids is 2. The molecule has 2 unspecified atom stereocenters. The van der Waals surface area contributed by atoms with E-state index >= 15 is 0 Å². The Morgan fingerprint density at radius 2 is 1.09 bits per heavy atom. The zero-order valence-electron chi connectivity index (χ0n) is 14.7. The van der Waals surface area contributed by atoms with Crippen molar-refractivity contribution in [1.29, 1.82) is 0 Å². The topological polar surface area (TPSA) is 52.6 Å². The Labute approximate surface area is 140 Å². The van der Waals surface area contributed by atoms with Crippen LogP contribution in [0.15, 0.2) is 0 Å². The summed E-state index contributed by atoms with van der Waals surface area (Å²) in [6, 6.07) is 0. The number of ether oxygens (including phenoxy) is 2. The SMILES string of the molecule is CCOC(=O)C(C1CCCCC1)C(C(=O)OCC)C1CCCC1. The van der Waals surface area contributed by atoms with Gasteiger partial charge in [-0.1, -0.05) is 32.1 Å². The Hall–Kier alpha value is -1.06. The summed E-state index contributed by atoms with van der Waals surface area (Å²) in [5, 5.41) is 0. The van der Waals surface area contributed by atoms with Crippen LogP contribution in [0.2, 0.25) is 0 Å². The number of esters is 2. The fraction of sp³-hybridized carbons (Fsp3) is 0.895. The van der Waals surface area contributed by atoms with Gasteiger partial charge in [0, 0.05) is 0 Å². The molecule has 0 N–H and O–H groups in total. The van der Waals surface area contributed by atoms with Gasteiger partial charge in [0.2, 0.25) is 0 Å². The molecule has 4 nitrogen and oxygen atoms in total. The van der Waals surface area contributed by atoms with E-state index < -0.39 is 0 Å². The van der Waals surface area contributed by atoms with Crippen molar-refractivity contribution in [3.8, 4) is 0 Å². The minimum absolute atomic E-state index is 0.177. The summed E-state index contributed by atoms with van der Waals surface area (Å²) in [7, 11) is 0. The largest absolute Gasteiger partial charge is 0.466 e. The molecular formula is C19H32O4. The normalized spacial score (nSPS) is 22.5.